The normalized spacial score (nSPS) is 31.1. The maximum absolute atomic E-state index is 13.0. The van der Waals surface area contributed by atoms with E-state index < -0.39 is 15.6 Å². The Labute approximate surface area is 157 Å². The summed E-state index contributed by atoms with van der Waals surface area (Å²) in [6.45, 7) is 2.48. The van der Waals surface area contributed by atoms with Gasteiger partial charge in [0.25, 0.3) is 0 Å². The summed E-state index contributed by atoms with van der Waals surface area (Å²) >= 11 is 0. The molecule has 4 nitrogen and oxygen atoms in total. The first-order valence-corrected chi connectivity index (χ1v) is 10.8. The number of halogens is 3. The molecule has 4 rings (SSSR count). The van der Waals surface area contributed by atoms with Gasteiger partial charge < -0.3 is 9.08 Å². The van der Waals surface area contributed by atoms with E-state index in [2.05, 4.69) is 11.9 Å². The van der Waals surface area contributed by atoms with Crippen LogP contribution in [0.5, 0.6) is 5.75 Å². The molecule has 1 saturated carbocycles. The van der Waals surface area contributed by atoms with E-state index in [0.717, 1.165) is 56.2 Å². The van der Waals surface area contributed by atoms with Gasteiger partial charge in [-0.2, -0.15) is 21.6 Å². The molecule has 8 heteroatoms. The van der Waals surface area contributed by atoms with Crippen LogP contribution in [0.2, 0.25) is 0 Å². The number of fused-ring (bicyclic) bond motifs is 1. The maximum atomic E-state index is 13.0. The Morgan fingerprint density at radius 1 is 1.22 bits per heavy atom. The minimum absolute atomic E-state index is 0.0836. The zero-order chi connectivity index (χ0) is 19.6. The van der Waals surface area contributed by atoms with Gasteiger partial charge in [-0.3, -0.25) is 0 Å². The van der Waals surface area contributed by atoms with Crippen molar-refractivity contribution in [2.75, 3.05) is 13.6 Å². The lowest BCUT2D eigenvalue weighted by atomic mass is 9.52. The smallest absolute Gasteiger partial charge is 0.375 e. The molecule has 1 aromatic carbocycles. The van der Waals surface area contributed by atoms with Crippen molar-refractivity contribution in [1.29, 1.82) is 0 Å². The molecule has 1 aromatic rings. The second kappa shape index (κ2) is 6.11. The highest BCUT2D eigenvalue weighted by atomic mass is 32.2. The summed E-state index contributed by atoms with van der Waals surface area (Å²) in [5.74, 6) is 0.245. The average Bonchev–Trinajstić information content (AvgIpc) is 2.59. The summed E-state index contributed by atoms with van der Waals surface area (Å²) in [5.41, 5.74) is -3.62. The third-order valence-electron chi connectivity index (χ3n) is 6.88. The molecule has 0 amide bonds. The number of likely N-dealkylation sites (N-methyl/N-ethyl adjacent to an activating group) is 1. The molecule has 3 aliphatic rings. The van der Waals surface area contributed by atoms with Crippen molar-refractivity contribution in [2.45, 2.75) is 62.4 Å². The largest absolute Gasteiger partial charge is 0.534 e. The Bertz CT molecular complexity index is 868. The van der Waals surface area contributed by atoms with Gasteiger partial charge in [-0.05, 0) is 63.2 Å². The maximum Gasteiger partial charge on any atom is 0.534 e. The quantitative estimate of drug-likeness (QED) is 0.555. The van der Waals surface area contributed by atoms with Crippen molar-refractivity contribution >= 4 is 10.1 Å². The molecule has 0 aromatic heterocycles. The first kappa shape index (κ1) is 19.1. The van der Waals surface area contributed by atoms with Crippen LogP contribution in [-0.4, -0.2) is 38.5 Å². The van der Waals surface area contributed by atoms with Gasteiger partial charge in [0.2, 0.25) is 0 Å². The molecule has 1 saturated heterocycles. The zero-order valence-electron chi connectivity index (χ0n) is 15.5. The van der Waals surface area contributed by atoms with Gasteiger partial charge in [0.15, 0.2) is 0 Å². The number of rotatable bonds is 2. The molecule has 2 fully saturated rings. The fraction of sp³-hybridized carbons (Fsp3) is 0.684. The highest BCUT2D eigenvalue weighted by Gasteiger charge is 2.56. The molecule has 150 valence electrons. The molecule has 2 aliphatic carbocycles. The van der Waals surface area contributed by atoms with Crippen LogP contribution >= 0.6 is 0 Å². The van der Waals surface area contributed by atoms with Crippen molar-refractivity contribution in [3.63, 3.8) is 0 Å². The van der Waals surface area contributed by atoms with Gasteiger partial charge in [-0.25, -0.2) is 0 Å². The molecule has 0 radical (unpaired) electrons. The summed E-state index contributed by atoms with van der Waals surface area (Å²) < 4.78 is 67.4. The van der Waals surface area contributed by atoms with E-state index in [9.17, 15) is 21.6 Å². The first-order valence-electron chi connectivity index (χ1n) is 9.41. The summed E-state index contributed by atoms with van der Waals surface area (Å²) in [7, 11) is -3.59. The van der Waals surface area contributed by atoms with E-state index >= 15 is 0 Å². The number of benzene rings is 1. The molecule has 0 spiro atoms. The van der Waals surface area contributed by atoms with Gasteiger partial charge in [0, 0.05) is 17.0 Å². The molecule has 1 heterocycles. The van der Waals surface area contributed by atoms with Crippen molar-refractivity contribution in [3.05, 3.63) is 28.8 Å². The van der Waals surface area contributed by atoms with Crippen LogP contribution < -0.4 is 4.18 Å². The van der Waals surface area contributed by atoms with E-state index in [1.165, 1.54) is 0 Å². The van der Waals surface area contributed by atoms with Crippen LogP contribution in [0.1, 0.15) is 48.8 Å². The predicted molar refractivity (Wildman–Crippen MR) is 95.2 cm³/mol. The van der Waals surface area contributed by atoms with Crippen LogP contribution in [0.3, 0.4) is 0 Å². The molecule has 27 heavy (non-hydrogen) atoms. The summed E-state index contributed by atoms with van der Waals surface area (Å²) in [5, 5.41) is 0. The van der Waals surface area contributed by atoms with E-state index in [4.69, 9.17) is 4.18 Å². The fourth-order valence-electron chi connectivity index (χ4n) is 5.65. The van der Waals surface area contributed by atoms with Crippen LogP contribution in [-0.2, 0) is 22.0 Å². The molecule has 1 unspecified atom stereocenters. The second-order valence-electron chi connectivity index (χ2n) is 8.24. The van der Waals surface area contributed by atoms with Gasteiger partial charge in [-0.1, -0.05) is 25.0 Å². The Kier molecular flexibility index (Phi) is 4.31. The monoisotopic (exact) mass is 403 g/mol. The topological polar surface area (TPSA) is 46.6 Å². The molecule has 2 bridgehead atoms. The molecule has 3 atom stereocenters. The van der Waals surface area contributed by atoms with Crippen LogP contribution in [0.15, 0.2) is 12.1 Å². The first-order chi connectivity index (χ1) is 12.6. The number of aryl methyl sites for hydroxylation is 1. The van der Waals surface area contributed by atoms with E-state index in [1.807, 2.05) is 6.07 Å². The standard InChI is InChI=1S/C19H24F3NO3S/c1-12-6-7-13-11-15-14-5-3-4-8-18(14,9-10-23(15)2)16(13)17(12)26-27(24,25)19(20,21)22/h6-7,14-15H,3-5,8-11H2,1-2H3/t14?,15-,18-/m1/s1. The van der Waals surface area contributed by atoms with Crippen molar-refractivity contribution in [3.8, 4) is 5.75 Å². The fourth-order valence-corrected chi connectivity index (χ4v) is 6.18. The SMILES string of the molecule is Cc1ccc2c(c1OS(=O)(=O)C(F)(F)F)[C@@]13CCCCC1[C@@H](C2)N(C)CC3. The summed E-state index contributed by atoms with van der Waals surface area (Å²) in [6.07, 6.45) is 5.56. The Morgan fingerprint density at radius 3 is 2.67 bits per heavy atom. The zero-order valence-corrected chi connectivity index (χ0v) is 16.3. The number of hydrogen-bond acceptors (Lipinski definition) is 4. The van der Waals surface area contributed by atoms with Gasteiger partial charge in [-0.15, -0.1) is 0 Å². The lowest BCUT2D eigenvalue weighted by Gasteiger charge is -2.58. The van der Waals surface area contributed by atoms with Gasteiger partial charge in [0.05, 0.1) is 0 Å². The Balaban J connectivity index is 1.91. The van der Waals surface area contributed by atoms with E-state index in [0.29, 0.717) is 17.5 Å². The molecular formula is C19H24F3NO3S. The van der Waals surface area contributed by atoms with Crippen LogP contribution in [0.25, 0.3) is 0 Å². The van der Waals surface area contributed by atoms with E-state index in [-0.39, 0.29) is 11.2 Å². The number of alkyl halides is 3. The summed E-state index contributed by atoms with van der Waals surface area (Å²) in [4.78, 5) is 2.35. The van der Waals surface area contributed by atoms with Crippen molar-refractivity contribution in [1.82, 2.24) is 4.90 Å². The number of likely N-dealkylation sites (tertiary alicyclic amines) is 1. The highest BCUT2D eigenvalue weighted by molar-refractivity contribution is 7.88. The lowest BCUT2D eigenvalue weighted by Crippen LogP contribution is -2.60. The molecule has 0 N–H and O–H groups in total. The van der Waals surface area contributed by atoms with Crippen molar-refractivity contribution in [2.24, 2.45) is 5.92 Å². The molecule has 1 aliphatic heterocycles. The van der Waals surface area contributed by atoms with Crippen molar-refractivity contribution < 1.29 is 25.8 Å². The van der Waals surface area contributed by atoms with E-state index in [1.54, 1.807) is 13.0 Å². The lowest BCUT2D eigenvalue weighted by molar-refractivity contribution is -0.0502. The number of nitrogens with zero attached hydrogens (tertiary/aromatic N) is 1. The van der Waals surface area contributed by atoms with Gasteiger partial charge in [0.1, 0.15) is 5.75 Å². The second-order valence-corrected chi connectivity index (χ2v) is 9.78. The third kappa shape index (κ3) is 2.78. The summed E-state index contributed by atoms with van der Waals surface area (Å²) in [6, 6.07) is 3.97. The predicted octanol–water partition coefficient (Wildman–Crippen LogP) is 3.91. The minimum atomic E-state index is -5.70. The van der Waals surface area contributed by atoms with Crippen LogP contribution in [0, 0.1) is 12.8 Å². The number of piperidine rings is 1. The average molecular weight is 403 g/mol. The van der Waals surface area contributed by atoms with Gasteiger partial charge >= 0.3 is 15.6 Å². The third-order valence-corrected chi connectivity index (χ3v) is 7.84. The molecular weight excluding hydrogens is 379 g/mol. The Hall–Kier alpha value is -1.28. The minimum Gasteiger partial charge on any atom is -0.375 e. The number of hydrogen-bond donors (Lipinski definition) is 0. The Morgan fingerprint density at radius 2 is 1.96 bits per heavy atom. The van der Waals surface area contributed by atoms with Crippen LogP contribution in [0.4, 0.5) is 13.2 Å². The highest BCUT2D eigenvalue weighted by Crippen LogP contribution is 2.58.